The van der Waals surface area contributed by atoms with Gasteiger partial charge in [0.05, 0.1) is 5.69 Å². The molecule has 1 aromatic heterocycles. The number of likely N-dealkylation sites (tertiary alicyclic amines) is 1. The van der Waals surface area contributed by atoms with E-state index in [2.05, 4.69) is 41.2 Å². The van der Waals surface area contributed by atoms with Gasteiger partial charge in [0.1, 0.15) is 0 Å². The van der Waals surface area contributed by atoms with Crippen molar-refractivity contribution in [1.29, 1.82) is 0 Å². The molecule has 3 rings (SSSR count). The van der Waals surface area contributed by atoms with Crippen molar-refractivity contribution in [2.24, 2.45) is 12.8 Å². The molecular formula is C17H24N4. The van der Waals surface area contributed by atoms with Gasteiger partial charge in [-0.15, -0.1) is 0 Å². The van der Waals surface area contributed by atoms with Gasteiger partial charge in [-0.2, -0.15) is 5.10 Å². The molecule has 1 fully saturated rings. The third-order valence-electron chi connectivity index (χ3n) is 4.30. The van der Waals surface area contributed by atoms with Crippen LogP contribution in [0.3, 0.4) is 0 Å². The number of nitrogens with zero attached hydrogens (tertiary/aromatic N) is 3. The number of hydrogen-bond donors (Lipinski definition) is 1. The molecule has 1 saturated heterocycles. The Labute approximate surface area is 126 Å². The highest BCUT2D eigenvalue weighted by atomic mass is 15.3. The lowest BCUT2D eigenvalue weighted by Crippen LogP contribution is -2.42. The summed E-state index contributed by atoms with van der Waals surface area (Å²) in [5.41, 5.74) is 11.2. The Morgan fingerprint density at radius 1 is 1.33 bits per heavy atom. The van der Waals surface area contributed by atoms with E-state index in [1.165, 1.54) is 28.8 Å². The first-order chi connectivity index (χ1) is 10.1. The average Bonchev–Trinajstić information content (AvgIpc) is 2.87. The van der Waals surface area contributed by atoms with Crippen LogP contribution in [0.4, 0.5) is 0 Å². The Morgan fingerprint density at radius 3 is 2.90 bits per heavy atom. The van der Waals surface area contributed by atoms with Gasteiger partial charge in [-0.3, -0.25) is 9.58 Å². The van der Waals surface area contributed by atoms with Crippen LogP contribution in [0, 0.1) is 6.92 Å². The number of rotatable bonds is 3. The SMILES string of the molecule is Cc1ccc(CN2CCCC(N)C2)c(-c2ccnn2C)c1. The van der Waals surface area contributed by atoms with Crippen molar-refractivity contribution < 1.29 is 0 Å². The number of hydrogen-bond acceptors (Lipinski definition) is 3. The third kappa shape index (κ3) is 3.17. The van der Waals surface area contributed by atoms with Crippen LogP contribution in [0.15, 0.2) is 30.5 Å². The van der Waals surface area contributed by atoms with Crippen molar-refractivity contribution in [3.05, 3.63) is 41.6 Å². The van der Waals surface area contributed by atoms with Gasteiger partial charge in [0, 0.05) is 37.9 Å². The lowest BCUT2D eigenvalue weighted by molar-refractivity contribution is 0.202. The molecule has 2 aromatic rings. The second kappa shape index (κ2) is 6.00. The Bertz CT molecular complexity index is 617. The highest BCUT2D eigenvalue weighted by molar-refractivity contribution is 5.64. The van der Waals surface area contributed by atoms with Crippen molar-refractivity contribution in [3.63, 3.8) is 0 Å². The quantitative estimate of drug-likeness (QED) is 0.941. The van der Waals surface area contributed by atoms with Crippen molar-refractivity contribution >= 4 is 0 Å². The van der Waals surface area contributed by atoms with E-state index >= 15 is 0 Å². The molecule has 1 aromatic carbocycles. The highest BCUT2D eigenvalue weighted by Gasteiger charge is 2.18. The van der Waals surface area contributed by atoms with E-state index in [0.717, 1.165) is 26.1 Å². The van der Waals surface area contributed by atoms with Gasteiger partial charge in [0.25, 0.3) is 0 Å². The normalized spacial score (nSPS) is 19.9. The van der Waals surface area contributed by atoms with Gasteiger partial charge in [-0.05, 0) is 44.0 Å². The smallest absolute Gasteiger partial charge is 0.0682 e. The molecule has 1 aliphatic rings. The van der Waals surface area contributed by atoms with Crippen LogP contribution in [0.1, 0.15) is 24.0 Å². The standard InChI is InChI=1S/C17H24N4/c1-13-5-6-14(11-21-9-3-4-15(18)12-21)16(10-13)17-7-8-19-20(17)2/h5-8,10,15H,3-4,9,11-12,18H2,1-2H3. The van der Waals surface area contributed by atoms with Crippen LogP contribution in [-0.2, 0) is 13.6 Å². The lowest BCUT2D eigenvalue weighted by Gasteiger charge is -2.31. The second-order valence-electron chi connectivity index (χ2n) is 6.14. The van der Waals surface area contributed by atoms with E-state index in [-0.39, 0.29) is 0 Å². The van der Waals surface area contributed by atoms with Gasteiger partial charge < -0.3 is 5.73 Å². The van der Waals surface area contributed by atoms with Gasteiger partial charge in [-0.25, -0.2) is 0 Å². The Morgan fingerprint density at radius 2 is 2.19 bits per heavy atom. The average molecular weight is 284 g/mol. The van der Waals surface area contributed by atoms with Crippen LogP contribution in [0.25, 0.3) is 11.3 Å². The summed E-state index contributed by atoms with van der Waals surface area (Å²) in [6.07, 6.45) is 4.21. The number of aromatic nitrogens is 2. The monoisotopic (exact) mass is 284 g/mol. The molecular weight excluding hydrogens is 260 g/mol. The topological polar surface area (TPSA) is 47.1 Å². The zero-order chi connectivity index (χ0) is 14.8. The molecule has 4 nitrogen and oxygen atoms in total. The number of nitrogens with two attached hydrogens (primary N) is 1. The molecule has 0 radical (unpaired) electrons. The van der Waals surface area contributed by atoms with Crippen LogP contribution >= 0.6 is 0 Å². The largest absolute Gasteiger partial charge is 0.327 e. The molecule has 4 heteroatoms. The summed E-state index contributed by atoms with van der Waals surface area (Å²) in [7, 11) is 2.00. The van der Waals surface area contributed by atoms with Gasteiger partial charge in [-0.1, -0.05) is 17.7 Å². The maximum Gasteiger partial charge on any atom is 0.0682 e. The minimum Gasteiger partial charge on any atom is -0.327 e. The lowest BCUT2D eigenvalue weighted by atomic mass is 9.99. The molecule has 1 aliphatic heterocycles. The van der Waals surface area contributed by atoms with Gasteiger partial charge in [0.2, 0.25) is 0 Å². The van der Waals surface area contributed by atoms with Crippen LogP contribution in [0.5, 0.6) is 0 Å². The van der Waals surface area contributed by atoms with Gasteiger partial charge in [0.15, 0.2) is 0 Å². The highest BCUT2D eigenvalue weighted by Crippen LogP contribution is 2.26. The minimum atomic E-state index is 0.323. The fourth-order valence-corrected chi connectivity index (χ4v) is 3.18. The molecule has 1 atom stereocenters. The summed E-state index contributed by atoms with van der Waals surface area (Å²) in [6, 6.07) is 9.11. The predicted molar refractivity (Wildman–Crippen MR) is 85.9 cm³/mol. The Hall–Kier alpha value is -1.65. The molecule has 0 aliphatic carbocycles. The summed E-state index contributed by atoms with van der Waals surface area (Å²) < 4.78 is 1.94. The van der Waals surface area contributed by atoms with E-state index in [0.29, 0.717) is 6.04 Å². The molecule has 2 N–H and O–H groups in total. The maximum atomic E-state index is 6.10. The Kier molecular flexibility index (Phi) is 4.08. The first kappa shape index (κ1) is 14.3. The van der Waals surface area contributed by atoms with Crippen molar-refractivity contribution in [2.45, 2.75) is 32.4 Å². The summed E-state index contributed by atoms with van der Waals surface area (Å²) in [4.78, 5) is 2.47. The number of benzene rings is 1. The molecule has 2 heterocycles. The zero-order valence-electron chi connectivity index (χ0n) is 12.9. The first-order valence-corrected chi connectivity index (χ1v) is 7.69. The molecule has 1 unspecified atom stereocenters. The van der Waals surface area contributed by atoms with Crippen molar-refractivity contribution in [1.82, 2.24) is 14.7 Å². The summed E-state index contributed by atoms with van der Waals surface area (Å²) >= 11 is 0. The van der Waals surface area contributed by atoms with Crippen LogP contribution in [0.2, 0.25) is 0 Å². The molecule has 0 saturated carbocycles. The van der Waals surface area contributed by atoms with E-state index in [4.69, 9.17) is 5.73 Å². The molecule has 0 amide bonds. The predicted octanol–water partition coefficient (Wildman–Crippen LogP) is 2.32. The summed E-state index contributed by atoms with van der Waals surface area (Å²) in [5.74, 6) is 0. The summed E-state index contributed by atoms with van der Waals surface area (Å²) in [5, 5.41) is 4.31. The zero-order valence-corrected chi connectivity index (χ0v) is 12.9. The molecule has 0 bridgehead atoms. The number of piperidine rings is 1. The van der Waals surface area contributed by atoms with E-state index < -0.39 is 0 Å². The van der Waals surface area contributed by atoms with Crippen molar-refractivity contribution in [3.8, 4) is 11.3 Å². The van der Waals surface area contributed by atoms with Crippen LogP contribution in [-0.4, -0.2) is 33.8 Å². The fraction of sp³-hybridized carbons (Fsp3) is 0.471. The van der Waals surface area contributed by atoms with Gasteiger partial charge >= 0.3 is 0 Å². The fourth-order valence-electron chi connectivity index (χ4n) is 3.18. The van der Waals surface area contributed by atoms with Crippen molar-refractivity contribution in [2.75, 3.05) is 13.1 Å². The van der Waals surface area contributed by atoms with E-state index in [9.17, 15) is 0 Å². The van der Waals surface area contributed by atoms with Crippen LogP contribution < -0.4 is 5.73 Å². The second-order valence-corrected chi connectivity index (χ2v) is 6.14. The first-order valence-electron chi connectivity index (χ1n) is 7.69. The minimum absolute atomic E-state index is 0.323. The Balaban J connectivity index is 1.90. The summed E-state index contributed by atoms with van der Waals surface area (Å²) in [6.45, 7) is 5.25. The number of aryl methyl sites for hydroxylation is 2. The molecule has 112 valence electrons. The molecule has 21 heavy (non-hydrogen) atoms. The third-order valence-corrected chi connectivity index (χ3v) is 4.30. The maximum absolute atomic E-state index is 6.10. The molecule has 0 spiro atoms. The van der Waals surface area contributed by atoms with E-state index in [1.807, 2.05) is 17.9 Å². The van der Waals surface area contributed by atoms with E-state index in [1.54, 1.807) is 0 Å².